The molecule has 0 aliphatic carbocycles. The standard InChI is InChI=1S/C23H21ClN2O3S2/c1-23(2,28)12-29-18-9-8-16(10-20(18)30-3)26-13-25-17-11-19(31-21(17)22(26)27)14-4-6-15(24)7-5-14/h4-11,13,28H,12H2,1-3H3. The molecule has 0 atom stereocenters. The molecule has 2 aromatic heterocycles. The Labute approximate surface area is 193 Å². The number of hydrogen-bond acceptors (Lipinski definition) is 6. The number of rotatable bonds is 6. The zero-order chi connectivity index (χ0) is 22.2. The summed E-state index contributed by atoms with van der Waals surface area (Å²) in [6, 6.07) is 15.0. The summed E-state index contributed by atoms with van der Waals surface area (Å²) in [4.78, 5) is 19.6. The summed E-state index contributed by atoms with van der Waals surface area (Å²) in [5.41, 5.74) is 1.33. The van der Waals surface area contributed by atoms with Gasteiger partial charge in [-0.1, -0.05) is 23.7 Å². The zero-order valence-electron chi connectivity index (χ0n) is 17.3. The number of thiophene rings is 1. The van der Waals surface area contributed by atoms with Crippen LogP contribution in [0.5, 0.6) is 5.75 Å². The Bertz CT molecular complexity index is 1290. The Morgan fingerprint density at radius 1 is 1.19 bits per heavy atom. The van der Waals surface area contributed by atoms with E-state index in [9.17, 15) is 9.90 Å². The van der Waals surface area contributed by atoms with Crippen LogP contribution < -0.4 is 10.3 Å². The molecule has 0 aliphatic heterocycles. The van der Waals surface area contributed by atoms with Gasteiger partial charge in [0.05, 0.1) is 21.7 Å². The normalized spacial score (nSPS) is 11.8. The average molecular weight is 473 g/mol. The number of fused-ring (bicyclic) bond motifs is 1. The monoisotopic (exact) mass is 472 g/mol. The van der Waals surface area contributed by atoms with Crippen LogP contribution in [0.15, 0.2) is 64.5 Å². The molecule has 0 radical (unpaired) electrons. The van der Waals surface area contributed by atoms with Gasteiger partial charge in [0.1, 0.15) is 23.4 Å². The first-order valence-electron chi connectivity index (χ1n) is 9.56. The van der Waals surface area contributed by atoms with Crippen LogP contribution in [0.2, 0.25) is 5.02 Å². The number of halogens is 1. The molecule has 0 fully saturated rings. The highest BCUT2D eigenvalue weighted by Gasteiger charge is 2.16. The van der Waals surface area contributed by atoms with Crippen LogP contribution in [0.1, 0.15) is 13.8 Å². The highest BCUT2D eigenvalue weighted by atomic mass is 35.5. The maximum Gasteiger partial charge on any atom is 0.275 e. The van der Waals surface area contributed by atoms with E-state index in [2.05, 4.69) is 4.98 Å². The summed E-state index contributed by atoms with van der Waals surface area (Å²) in [6.45, 7) is 3.57. The van der Waals surface area contributed by atoms with Crippen molar-refractivity contribution < 1.29 is 9.84 Å². The van der Waals surface area contributed by atoms with Gasteiger partial charge in [0.15, 0.2) is 0 Å². The van der Waals surface area contributed by atoms with E-state index in [4.69, 9.17) is 16.3 Å². The van der Waals surface area contributed by atoms with Crippen molar-refractivity contribution in [2.45, 2.75) is 24.3 Å². The maximum atomic E-state index is 13.2. The zero-order valence-corrected chi connectivity index (χ0v) is 19.6. The summed E-state index contributed by atoms with van der Waals surface area (Å²) in [5.74, 6) is 0.668. The van der Waals surface area contributed by atoms with Gasteiger partial charge in [-0.25, -0.2) is 4.98 Å². The first-order valence-corrected chi connectivity index (χ1v) is 12.0. The SMILES string of the molecule is CSc1cc(-n2cnc3cc(-c4ccc(Cl)cc4)sc3c2=O)ccc1OCC(C)(C)O. The molecule has 0 unspecified atom stereocenters. The lowest BCUT2D eigenvalue weighted by atomic mass is 10.2. The van der Waals surface area contributed by atoms with E-state index in [0.29, 0.717) is 26.7 Å². The Morgan fingerprint density at radius 2 is 1.94 bits per heavy atom. The second-order valence-corrected chi connectivity index (χ2v) is 10.0. The summed E-state index contributed by atoms with van der Waals surface area (Å²) < 4.78 is 7.91. The number of nitrogens with zero attached hydrogens (tertiary/aromatic N) is 2. The number of ether oxygens (including phenoxy) is 1. The lowest BCUT2D eigenvalue weighted by molar-refractivity contribution is 0.0275. The third kappa shape index (κ3) is 4.80. The maximum absolute atomic E-state index is 13.2. The number of aromatic nitrogens is 2. The molecular formula is C23H21ClN2O3S2. The van der Waals surface area contributed by atoms with Crippen molar-refractivity contribution in [2.75, 3.05) is 12.9 Å². The van der Waals surface area contributed by atoms with Crippen molar-refractivity contribution in [3.8, 4) is 21.9 Å². The Hall–Kier alpha value is -2.32. The topological polar surface area (TPSA) is 64.4 Å². The van der Waals surface area contributed by atoms with Crippen molar-refractivity contribution in [2.24, 2.45) is 0 Å². The number of aliphatic hydroxyl groups is 1. The first-order chi connectivity index (χ1) is 14.7. The smallest absolute Gasteiger partial charge is 0.275 e. The number of thioether (sulfide) groups is 1. The molecule has 31 heavy (non-hydrogen) atoms. The van der Waals surface area contributed by atoms with Crippen LogP contribution in [-0.4, -0.2) is 33.1 Å². The van der Waals surface area contributed by atoms with Crippen LogP contribution in [-0.2, 0) is 0 Å². The van der Waals surface area contributed by atoms with Crippen LogP contribution in [0.25, 0.3) is 26.3 Å². The third-order valence-electron chi connectivity index (χ3n) is 4.57. The number of benzene rings is 2. The minimum atomic E-state index is -0.929. The van der Waals surface area contributed by atoms with Crippen molar-refractivity contribution >= 4 is 44.9 Å². The second-order valence-electron chi connectivity index (χ2n) is 7.69. The molecule has 0 saturated heterocycles. The van der Waals surface area contributed by atoms with E-state index in [-0.39, 0.29) is 12.2 Å². The highest BCUT2D eigenvalue weighted by molar-refractivity contribution is 7.98. The predicted molar refractivity (Wildman–Crippen MR) is 129 cm³/mol. The number of hydrogen-bond donors (Lipinski definition) is 1. The lowest BCUT2D eigenvalue weighted by Gasteiger charge is -2.19. The fraction of sp³-hybridized carbons (Fsp3) is 0.217. The fourth-order valence-corrected chi connectivity index (χ4v) is 4.77. The molecule has 2 aromatic carbocycles. The Balaban J connectivity index is 1.71. The molecule has 0 aliphatic rings. The molecule has 0 spiro atoms. The average Bonchev–Trinajstić information content (AvgIpc) is 3.18. The van der Waals surface area contributed by atoms with Crippen LogP contribution in [0, 0.1) is 0 Å². The molecule has 5 nitrogen and oxygen atoms in total. The van der Waals surface area contributed by atoms with Crippen molar-refractivity contribution in [1.29, 1.82) is 0 Å². The van der Waals surface area contributed by atoms with E-state index < -0.39 is 5.60 Å². The van der Waals surface area contributed by atoms with Gasteiger partial charge in [-0.15, -0.1) is 23.1 Å². The molecule has 4 rings (SSSR count). The van der Waals surface area contributed by atoms with Gasteiger partial charge >= 0.3 is 0 Å². The van der Waals surface area contributed by atoms with Gasteiger partial charge < -0.3 is 9.84 Å². The largest absolute Gasteiger partial charge is 0.489 e. The minimum Gasteiger partial charge on any atom is -0.489 e. The Morgan fingerprint density at radius 3 is 2.61 bits per heavy atom. The predicted octanol–water partition coefficient (Wildman–Crippen LogP) is 5.64. The van der Waals surface area contributed by atoms with E-state index >= 15 is 0 Å². The van der Waals surface area contributed by atoms with Crippen molar-refractivity contribution in [3.63, 3.8) is 0 Å². The van der Waals surface area contributed by atoms with Crippen LogP contribution >= 0.6 is 34.7 Å². The summed E-state index contributed by atoms with van der Waals surface area (Å²) in [7, 11) is 0. The molecule has 4 aromatic rings. The summed E-state index contributed by atoms with van der Waals surface area (Å²) in [6.07, 6.45) is 3.50. The molecular weight excluding hydrogens is 452 g/mol. The van der Waals surface area contributed by atoms with Gasteiger partial charge in [-0.05, 0) is 62.1 Å². The van der Waals surface area contributed by atoms with Gasteiger partial charge in [0, 0.05) is 9.90 Å². The Kier molecular flexibility index (Phi) is 6.12. The quantitative estimate of drug-likeness (QED) is 0.368. The van der Waals surface area contributed by atoms with E-state index in [1.807, 2.05) is 54.8 Å². The molecule has 8 heteroatoms. The van der Waals surface area contributed by atoms with Crippen molar-refractivity contribution in [1.82, 2.24) is 9.55 Å². The lowest BCUT2D eigenvalue weighted by Crippen LogP contribution is -2.28. The van der Waals surface area contributed by atoms with E-state index in [1.165, 1.54) is 23.1 Å². The molecule has 0 bridgehead atoms. The molecule has 0 saturated carbocycles. The van der Waals surface area contributed by atoms with E-state index in [0.717, 1.165) is 15.3 Å². The first kappa shape index (κ1) is 21.9. The molecule has 2 heterocycles. The van der Waals surface area contributed by atoms with Crippen molar-refractivity contribution in [3.05, 3.63) is 70.2 Å². The van der Waals surface area contributed by atoms with Gasteiger partial charge in [-0.2, -0.15) is 0 Å². The van der Waals surface area contributed by atoms with Gasteiger partial charge in [0.2, 0.25) is 0 Å². The van der Waals surface area contributed by atoms with Gasteiger partial charge in [-0.3, -0.25) is 9.36 Å². The second kappa shape index (κ2) is 8.67. The molecule has 160 valence electrons. The molecule has 0 amide bonds. The summed E-state index contributed by atoms with van der Waals surface area (Å²) >= 11 is 8.92. The van der Waals surface area contributed by atoms with Crippen LogP contribution in [0.4, 0.5) is 0 Å². The summed E-state index contributed by atoms with van der Waals surface area (Å²) in [5, 5.41) is 10.6. The fourth-order valence-electron chi connectivity index (χ4n) is 3.03. The highest BCUT2D eigenvalue weighted by Crippen LogP contribution is 2.33. The molecule has 1 N–H and O–H groups in total. The minimum absolute atomic E-state index is 0.118. The van der Waals surface area contributed by atoms with Gasteiger partial charge in [0.25, 0.3) is 5.56 Å². The third-order valence-corrected chi connectivity index (χ3v) is 6.75. The van der Waals surface area contributed by atoms with E-state index in [1.54, 1.807) is 24.7 Å². The van der Waals surface area contributed by atoms with Crippen LogP contribution in [0.3, 0.4) is 0 Å².